The first-order valence-corrected chi connectivity index (χ1v) is 5.46. The van der Waals surface area contributed by atoms with Gasteiger partial charge in [0, 0.05) is 17.1 Å². The van der Waals surface area contributed by atoms with Crippen LogP contribution in [0.1, 0.15) is 36.2 Å². The van der Waals surface area contributed by atoms with Gasteiger partial charge in [0.25, 0.3) is 0 Å². The average molecular weight is 238 g/mol. The molecule has 0 amide bonds. The summed E-state index contributed by atoms with van der Waals surface area (Å²) in [7, 11) is 0. The molecule has 1 rings (SSSR count). The van der Waals surface area contributed by atoms with Gasteiger partial charge >= 0.3 is 6.18 Å². The lowest BCUT2D eigenvalue weighted by atomic mass is 9.99. The summed E-state index contributed by atoms with van der Waals surface area (Å²) < 4.78 is 36.8. The predicted octanol–water partition coefficient (Wildman–Crippen LogP) is 3.21. The highest BCUT2D eigenvalue weighted by atomic mass is 32.1. The van der Waals surface area contributed by atoms with Gasteiger partial charge in [-0.15, -0.1) is 11.3 Å². The number of hydrogen-bond donors (Lipinski definition) is 1. The van der Waals surface area contributed by atoms with Gasteiger partial charge < -0.3 is 5.73 Å². The highest BCUT2D eigenvalue weighted by Crippen LogP contribution is 2.35. The zero-order valence-electron chi connectivity index (χ0n) is 8.51. The van der Waals surface area contributed by atoms with E-state index in [1.165, 1.54) is 6.20 Å². The standard InChI is InChI=1S/C9H13F3N2S/c1-3-5(2)7(13)6-4-14-8(15-6)9(10,11)12/h4-5,7H,3,13H2,1-2H3. The van der Waals surface area contributed by atoms with Crippen LogP contribution in [0.25, 0.3) is 0 Å². The molecular formula is C9H13F3N2S. The van der Waals surface area contributed by atoms with Crippen molar-refractivity contribution in [3.05, 3.63) is 16.1 Å². The molecule has 0 fully saturated rings. The second kappa shape index (κ2) is 4.49. The van der Waals surface area contributed by atoms with Crippen LogP contribution in [0.4, 0.5) is 13.2 Å². The average Bonchev–Trinajstić information content (AvgIpc) is 2.63. The molecule has 2 unspecified atom stereocenters. The van der Waals surface area contributed by atoms with Gasteiger partial charge in [0.1, 0.15) is 0 Å². The van der Waals surface area contributed by atoms with E-state index in [1.807, 2.05) is 13.8 Å². The van der Waals surface area contributed by atoms with E-state index in [1.54, 1.807) is 0 Å². The van der Waals surface area contributed by atoms with Crippen LogP contribution in [0.2, 0.25) is 0 Å². The van der Waals surface area contributed by atoms with Gasteiger partial charge in [-0.2, -0.15) is 13.2 Å². The van der Waals surface area contributed by atoms with Crippen LogP contribution in [0.5, 0.6) is 0 Å². The van der Waals surface area contributed by atoms with E-state index in [2.05, 4.69) is 4.98 Å². The number of hydrogen-bond acceptors (Lipinski definition) is 3. The van der Waals surface area contributed by atoms with E-state index in [-0.39, 0.29) is 12.0 Å². The normalized spacial score (nSPS) is 16.4. The van der Waals surface area contributed by atoms with Crippen molar-refractivity contribution in [2.75, 3.05) is 0 Å². The number of alkyl halides is 3. The second-order valence-electron chi connectivity index (χ2n) is 3.48. The first kappa shape index (κ1) is 12.4. The van der Waals surface area contributed by atoms with Crippen LogP contribution in [0.15, 0.2) is 6.20 Å². The summed E-state index contributed by atoms with van der Waals surface area (Å²) in [5, 5.41) is -0.823. The molecule has 0 spiro atoms. The number of aromatic nitrogens is 1. The largest absolute Gasteiger partial charge is 0.443 e. The molecule has 1 heterocycles. The summed E-state index contributed by atoms with van der Waals surface area (Å²) in [5.74, 6) is 0.159. The lowest BCUT2D eigenvalue weighted by molar-refractivity contribution is -0.137. The van der Waals surface area contributed by atoms with Gasteiger partial charge in [0.05, 0.1) is 0 Å². The van der Waals surface area contributed by atoms with Crippen molar-refractivity contribution in [2.45, 2.75) is 32.5 Å². The summed E-state index contributed by atoms with van der Waals surface area (Å²) in [5.41, 5.74) is 5.81. The number of nitrogens with zero attached hydrogens (tertiary/aromatic N) is 1. The third-order valence-corrected chi connectivity index (χ3v) is 3.50. The van der Waals surface area contributed by atoms with E-state index in [0.29, 0.717) is 16.2 Å². The fraction of sp³-hybridized carbons (Fsp3) is 0.667. The third kappa shape index (κ3) is 2.92. The van der Waals surface area contributed by atoms with Crippen LogP contribution >= 0.6 is 11.3 Å². The van der Waals surface area contributed by atoms with Gasteiger partial charge in [-0.25, -0.2) is 4.98 Å². The van der Waals surface area contributed by atoms with Gasteiger partial charge in [-0.3, -0.25) is 0 Å². The van der Waals surface area contributed by atoms with Gasteiger partial charge in [0.2, 0.25) is 0 Å². The van der Waals surface area contributed by atoms with Crippen molar-refractivity contribution in [1.29, 1.82) is 0 Å². The smallest absolute Gasteiger partial charge is 0.323 e. The first-order chi connectivity index (χ1) is 6.86. The van der Waals surface area contributed by atoms with Crippen LogP contribution in [0, 0.1) is 5.92 Å². The van der Waals surface area contributed by atoms with Gasteiger partial charge in [-0.1, -0.05) is 20.3 Å². The van der Waals surface area contributed by atoms with Crippen molar-refractivity contribution in [2.24, 2.45) is 11.7 Å². The zero-order valence-corrected chi connectivity index (χ0v) is 9.32. The molecule has 0 saturated heterocycles. The summed E-state index contributed by atoms with van der Waals surface area (Å²) in [6.45, 7) is 3.87. The molecule has 2 N–H and O–H groups in total. The summed E-state index contributed by atoms with van der Waals surface area (Å²) in [6, 6.07) is -0.358. The zero-order chi connectivity index (χ0) is 11.6. The summed E-state index contributed by atoms with van der Waals surface area (Å²) in [6.07, 6.45) is -2.30. The Morgan fingerprint density at radius 1 is 1.53 bits per heavy atom. The maximum Gasteiger partial charge on any atom is 0.443 e. The monoisotopic (exact) mass is 238 g/mol. The molecule has 0 aromatic carbocycles. The molecule has 1 aromatic rings. The Labute approximate surface area is 90.3 Å². The maximum atomic E-state index is 12.3. The first-order valence-electron chi connectivity index (χ1n) is 4.64. The SMILES string of the molecule is CCC(C)C(N)c1cnc(C(F)(F)F)s1. The number of nitrogens with two attached hydrogens (primary N) is 1. The Morgan fingerprint density at radius 3 is 2.53 bits per heavy atom. The fourth-order valence-electron chi connectivity index (χ4n) is 1.11. The number of thiazole rings is 1. The molecule has 15 heavy (non-hydrogen) atoms. The molecular weight excluding hydrogens is 225 g/mol. The lowest BCUT2D eigenvalue weighted by Crippen LogP contribution is -2.17. The topological polar surface area (TPSA) is 38.9 Å². The highest BCUT2D eigenvalue weighted by molar-refractivity contribution is 7.11. The van der Waals surface area contributed by atoms with Crippen molar-refractivity contribution in [3.8, 4) is 0 Å². The third-order valence-electron chi connectivity index (χ3n) is 2.35. The van der Waals surface area contributed by atoms with Crippen LogP contribution in [-0.2, 0) is 6.18 Å². The molecule has 0 aliphatic rings. The summed E-state index contributed by atoms with van der Waals surface area (Å²) >= 11 is 0.631. The Morgan fingerprint density at radius 2 is 2.13 bits per heavy atom. The number of halogens is 3. The molecule has 1 aromatic heterocycles. The molecule has 2 nitrogen and oxygen atoms in total. The molecule has 86 valence electrons. The van der Waals surface area contributed by atoms with Crippen molar-refractivity contribution < 1.29 is 13.2 Å². The van der Waals surface area contributed by atoms with E-state index < -0.39 is 11.2 Å². The minimum Gasteiger partial charge on any atom is -0.323 e. The fourth-order valence-corrected chi connectivity index (χ4v) is 2.02. The molecule has 0 bridgehead atoms. The lowest BCUT2D eigenvalue weighted by Gasteiger charge is -2.15. The molecule has 0 saturated carbocycles. The Hall–Kier alpha value is -0.620. The van der Waals surface area contributed by atoms with Crippen molar-refractivity contribution >= 4 is 11.3 Å². The molecule has 6 heteroatoms. The van der Waals surface area contributed by atoms with Crippen LogP contribution in [-0.4, -0.2) is 4.98 Å². The second-order valence-corrected chi connectivity index (χ2v) is 4.54. The van der Waals surface area contributed by atoms with Crippen LogP contribution < -0.4 is 5.73 Å². The Bertz CT molecular complexity index is 321. The van der Waals surface area contributed by atoms with E-state index in [9.17, 15) is 13.2 Å². The highest BCUT2D eigenvalue weighted by Gasteiger charge is 2.35. The van der Waals surface area contributed by atoms with E-state index in [4.69, 9.17) is 5.73 Å². The van der Waals surface area contributed by atoms with Crippen LogP contribution in [0.3, 0.4) is 0 Å². The van der Waals surface area contributed by atoms with Crippen molar-refractivity contribution in [1.82, 2.24) is 4.98 Å². The summed E-state index contributed by atoms with van der Waals surface area (Å²) in [4.78, 5) is 3.84. The molecule has 0 aliphatic heterocycles. The molecule has 0 radical (unpaired) electrons. The minimum absolute atomic E-state index is 0.159. The predicted molar refractivity (Wildman–Crippen MR) is 53.5 cm³/mol. The quantitative estimate of drug-likeness (QED) is 0.878. The molecule has 2 atom stereocenters. The van der Waals surface area contributed by atoms with Gasteiger partial charge in [0.15, 0.2) is 5.01 Å². The molecule has 0 aliphatic carbocycles. The Kier molecular flexibility index (Phi) is 3.72. The van der Waals surface area contributed by atoms with E-state index in [0.717, 1.165) is 6.42 Å². The maximum absolute atomic E-state index is 12.3. The van der Waals surface area contributed by atoms with E-state index >= 15 is 0 Å². The van der Waals surface area contributed by atoms with Crippen molar-refractivity contribution in [3.63, 3.8) is 0 Å². The Balaban J connectivity index is 2.85. The minimum atomic E-state index is -4.36. The number of rotatable bonds is 3. The van der Waals surface area contributed by atoms with Gasteiger partial charge in [-0.05, 0) is 5.92 Å².